The average molecular weight is 210 g/mol. The van der Waals surface area contributed by atoms with Crippen molar-refractivity contribution in [3.05, 3.63) is 0 Å². The zero-order chi connectivity index (χ0) is 8.53. The van der Waals surface area contributed by atoms with Crippen LogP contribution < -0.4 is 0 Å². The molecule has 0 nitrogen and oxygen atoms in total. The summed E-state index contributed by atoms with van der Waals surface area (Å²) in [6, 6.07) is 0. The van der Waals surface area contributed by atoms with Crippen molar-refractivity contribution in [3.8, 4) is 0 Å². The zero-order valence-electron chi connectivity index (χ0n) is 7.63. The number of hydrogen-bond acceptors (Lipinski definition) is 3. The van der Waals surface area contributed by atoms with Crippen LogP contribution in [-0.2, 0) is 0 Å². The molecule has 0 amide bonds. The molecule has 11 heavy (non-hydrogen) atoms. The van der Waals surface area contributed by atoms with Gasteiger partial charge in [-0.15, -0.1) is 23.5 Å². The van der Waals surface area contributed by atoms with Gasteiger partial charge in [0.2, 0.25) is 0 Å². The van der Waals surface area contributed by atoms with Crippen LogP contribution in [0.15, 0.2) is 0 Å². The maximum Gasteiger partial charge on any atom is 0.0592 e. The Balaban J connectivity index is 3.34. The van der Waals surface area contributed by atoms with Crippen LogP contribution in [0.1, 0.15) is 20.8 Å². The highest BCUT2D eigenvalue weighted by atomic mass is 32.2. The Bertz CT molecular complexity index is 69.7. The van der Waals surface area contributed by atoms with Crippen LogP contribution in [0.3, 0.4) is 0 Å². The van der Waals surface area contributed by atoms with E-state index in [1.807, 2.05) is 0 Å². The van der Waals surface area contributed by atoms with Crippen molar-refractivity contribution in [2.75, 3.05) is 23.0 Å². The largest absolute Gasteiger partial charge is 0.160 e. The summed E-state index contributed by atoms with van der Waals surface area (Å²) in [5.74, 6) is 5.07. The molecule has 0 fully saturated rings. The summed E-state index contributed by atoms with van der Waals surface area (Å²) in [5.41, 5.74) is 0. The minimum Gasteiger partial charge on any atom is -0.160 e. The Labute approximate surface area is 83.7 Å². The van der Waals surface area contributed by atoms with Crippen molar-refractivity contribution >= 4 is 35.3 Å². The third-order valence-corrected chi connectivity index (χ3v) is 5.12. The van der Waals surface area contributed by atoms with Crippen molar-refractivity contribution in [1.82, 2.24) is 0 Å². The van der Waals surface area contributed by atoms with E-state index in [1.165, 1.54) is 23.0 Å². The van der Waals surface area contributed by atoms with Gasteiger partial charge in [-0.3, -0.25) is 0 Å². The second-order valence-electron chi connectivity index (χ2n) is 2.00. The second kappa shape index (κ2) is 9.14. The molecule has 0 aliphatic rings. The van der Waals surface area contributed by atoms with Crippen LogP contribution in [0.5, 0.6) is 0 Å². The molecule has 0 saturated heterocycles. The summed E-state index contributed by atoms with van der Waals surface area (Å²) in [7, 11) is 0. The van der Waals surface area contributed by atoms with E-state index in [1.54, 1.807) is 0 Å². The van der Waals surface area contributed by atoms with Crippen LogP contribution in [0.4, 0.5) is 0 Å². The van der Waals surface area contributed by atoms with Gasteiger partial charge in [-0.25, -0.2) is 0 Å². The number of rotatable bonds is 7. The predicted molar refractivity (Wildman–Crippen MR) is 63.1 cm³/mol. The fourth-order valence-electron chi connectivity index (χ4n) is 0.730. The summed E-state index contributed by atoms with van der Waals surface area (Å²) < 4.78 is 0.829. The summed E-state index contributed by atoms with van der Waals surface area (Å²) in [6.45, 7) is 6.71. The fourth-order valence-corrected chi connectivity index (χ4v) is 4.45. The van der Waals surface area contributed by atoms with E-state index >= 15 is 0 Å². The first-order chi connectivity index (χ1) is 5.35. The quantitative estimate of drug-likeness (QED) is 0.590. The van der Waals surface area contributed by atoms with Crippen LogP contribution >= 0.6 is 35.3 Å². The number of hydrogen-bond donors (Lipinski definition) is 0. The highest BCUT2D eigenvalue weighted by Crippen LogP contribution is 2.26. The van der Waals surface area contributed by atoms with Gasteiger partial charge in [0.15, 0.2) is 0 Å². The van der Waals surface area contributed by atoms with E-state index in [9.17, 15) is 0 Å². The smallest absolute Gasteiger partial charge is 0.0592 e. The van der Waals surface area contributed by atoms with Gasteiger partial charge in [0.05, 0.1) is 4.58 Å². The number of thioether (sulfide) groups is 3. The molecule has 0 atom stereocenters. The minimum absolute atomic E-state index is 0.829. The summed E-state index contributed by atoms with van der Waals surface area (Å²) in [4.78, 5) is 0. The lowest BCUT2D eigenvalue weighted by Crippen LogP contribution is -2.02. The molecule has 0 aromatic carbocycles. The molecule has 0 aliphatic heterocycles. The van der Waals surface area contributed by atoms with Crippen molar-refractivity contribution < 1.29 is 0 Å². The standard InChI is InChI=1S/C8H18S3/c1-4-9-7-8(10-5-2)11-6-3/h8H,4-7H2,1-3H3. The molecule has 0 unspecified atom stereocenters. The van der Waals surface area contributed by atoms with Crippen LogP contribution in [0.25, 0.3) is 0 Å². The summed E-state index contributed by atoms with van der Waals surface area (Å²) in [5, 5.41) is 0. The minimum atomic E-state index is 0.829. The molecule has 0 spiro atoms. The maximum atomic E-state index is 2.24. The molecule has 68 valence electrons. The molecular formula is C8H18S3. The van der Waals surface area contributed by atoms with E-state index < -0.39 is 0 Å². The van der Waals surface area contributed by atoms with Gasteiger partial charge in [0.25, 0.3) is 0 Å². The predicted octanol–water partition coefficient (Wildman–Crippen LogP) is 3.57. The molecule has 3 heteroatoms. The van der Waals surface area contributed by atoms with E-state index in [-0.39, 0.29) is 0 Å². The lowest BCUT2D eigenvalue weighted by Gasteiger charge is -2.12. The average Bonchev–Trinajstić information content (AvgIpc) is 2.01. The fraction of sp³-hybridized carbons (Fsp3) is 1.00. The molecule has 0 aromatic heterocycles. The van der Waals surface area contributed by atoms with Gasteiger partial charge >= 0.3 is 0 Å². The molecule has 0 radical (unpaired) electrons. The van der Waals surface area contributed by atoms with Crippen LogP contribution in [0.2, 0.25) is 0 Å². The topological polar surface area (TPSA) is 0 Å². The van der Waals surface area contributed by atoms with E-state index in [2.05, 4.69) is 56.1 Å². The van der Waals surface area contributed by atoms with Crippen molar-refractivity contribution in [1.29, 1.82) is 0 Å². The van der Waals surface area contributed by atoms with Gasteiger partial charge in [0, 0.05) is 5.75 Å². The third-order valence-electron chi connectivity index (χ3n) is 1.16. The molecule has 0 rings (SSSR count). The monoisotopic (exact) mass is 210 g/mol. The van der Waals surface area contributed by atoms with Gasteiger partial charge in [0.1, 0.15) is 0 Å². The Morgan fingerprint density at radius 2 is 1.45 bits per heavy atom. The molecule has 0 N–H and O–H groups in total. The molecule has 0 bridgehead atoms. The highest BCUT2D eigenvalue weighted by molar-refractivity contribution is 8.18. The highest BCUT2D eigenvalue weighted by Gasteiger charge is 2.06. The molecular weight excluding hydrogens is 192 g/mol. The van der Waals surface area contributed by atoms with E-state index in [4.69, 9.17) is 0 Å². The van der Waals surface area contributed by atoms with Gasteiger partial charge in [-0.1, -0.05) is 20.8 Å². The van der Waals surface area contributed by atoms with E-state index in [0.29, 0.717) is 0 Å². The SMILES string of the molecule is CCSCC(SCC)SCC. The first-order valence-electron chi connectivity index (χ1n) is 4.16. The zero-order valence-corrected chi connectivity index (χ0v) is 10.1. The first kappa shape index (κ1) is 12.0. The van der Waals surface area contributed by atoms with Crippen molar-refractivity contribution in [2.24, 2.45) is 0 Å². The molecule has 0 heterocycles. The van der Waals surface area contributed by atoms with Crippen LogP contribution in [0, 0.1) is 0 Å². The lowest BCUT2D eigenvalue weighted by atomic mass is 10.9. The molecule has 0 saturated carbocycles. The van der Waals surface area contributed by atoms with Crippen LogP contribution in [-0.4, -0.2) is 27.6 Å². The van der Waals surface area contributed by atoms with Gasteiger partial charge in [-0.05, 0) is 17.3 Å². The Hall–Kier alpha value is 1.05. The summed E-state index contributed by atoms with van der Waals surface area (Å²) in [6.07, 6.45) is 0. The van der Waals surface area contributed by atoms with Crippen molar-refractivity contribution in [2.45, 2.75) is 25.4 Å². The van der Waals surface area contributed by atoms with Gasteiger partial charge < -0.3 is 0 Å². The van der Waals surface area contributed by atoms with Crippen molar-refractivity contribution in [3.63, 3.8) is 0 Å². The second-order valence-corrected chi connectivity index (χ2v) is 6.58. The molecule has 0 aliphatic carbocycles. The van der Waals surface area contributed by atoms with Gasteiger partial charge in [-0.2, -0.15) is 11.8 Å². The first-order valence-corrected chi connectivity index (χ1v) is 7.41. The van der Waals surface area contributed by atoms with E-state index in [0.717, 1.165) is 4.58 Å². The Kier molecular flexibility index (Phi) is 10.0. The summed E-state index contributed by atoms with van der Waals surface area (Å²) >= 11 is 6.22. The molecule has 0 aromatic rings. The third kappa shape index (κ3) is 7.41. The Morgan fingerprint density at radius 1 is 0.909 bits per heavy atom. The maximum absolute atomic E-state index is 2.24. The normalized spacial score (nSPS) is 10.9. The lowest BCUT2D eigenvalue weighted by molar-refractivity contribution is 1.38. The Morgan fingerprint density at radius 3 is 1.82 bits per heavy atom.